The molecule has 0 saturated carbocycles. The Morgan fingerprint density at radius 3 is 2.45 bits per heavy atom. The molecule has 176 valence electrons. The summed E-state index contributed by atoms with van der Waals surface area (Å²) < 4.78 is 39.8. The highest BCUT2D eigenvalue weighted by molar-refractivity contribution is 6.31. The summed E-state index contributed by atoms with van der Waals surface area (Å²) in [6.07, 6.45) is -4.17. The van der Waals surface area contributed by atoms with E-state index in [1.54, 1.807) is 0 Å². The minimum absolute atomic E-state index is 0.132. The number of likely N-dealkylation sites (tertiary alicyclic amines) is 1. The van der Waals surface area contributed by atoms with Gasteiger partial charge in [0.15, 0.2) is 0 Å². The van der Waals surface area contributed by atoms with E-state index in [4.69, 9.17) is 11.6 Å². The van der Waals surface area contributed by atoms with Crippen LogP contribution in [0.1, 0.15) is 51.1 Å². The Morgan fingerprint density at radius 2 is 1.85 bits per heavy atom. The number of aliphatic hydroxyl groups is 1. The van der Waals surface area contributed by atoms with Crippen LogP contribution < -0.4 is 0 Å². The largest absolute Gasteiger partial charge is 0.477 e. The van der Waals surface area contributed by atoms with Gasteiger partial charge in [0, 0.05) is 36.1 Å². The Bertz CT molecular complexity index is 1230. The van der Waals surface area contributed by atoms with Crippen molar-refractivity contribution >= 4 is 28.5 Å². The Hall–Kier alpha value is -2.55. The van der Waals surface area contributed by atoms with Gasteiger partial charge in [0.1, 0.15) is 5.69 Å². The summed E-state index contributed by atoms with van der Waals surface area (Å²) in [6.45, 7) is 5.04. The Labute approximate surface area is 193 Å². The number of carbonyl (C=O) groups is 1. The van der Waals surface area contributed by atoms with Gasteiger partial charge in [-0.3, -0.25) is 4.90 Å². The predicted octanol–water partition coefficient (Wildman–Crippen LogP) is 5.64. The van der Waals surface area contributed by atoms with E-state index in [-0.39, 0.29) is 24.1 Å². The first kappa shape index (κ1) is 23.6. The fourth-order valence-corrected chi connectivity index (χ4v) is 4.99. The first-order valence-corrected chi connectivity index (χ1v) is 10.9. The van der Waals surface area contributed by atoms with Crippen LogP contribution in [0.4, 0.5) is 13.2 Å². The highest BCUT2D eigenvalue weighted by Crippen LogP contribution is 2.40. The summed E-state index contributed by atoms with van der Waals surface area (Å²) in [5, 5.41) is 21.3. The number of carboxylic acids is 1. The van der Waals surface area contributed by atoms with E-state index >= 15 is 0 Å². The number of aromatic amines is 1. The molecule has 0 bridgehead atoms. The van der Waals surface area contributed by atoms with Crippen molar-refractivity contribution in [2.75, 3.05) is 13.1 Å². The zero-order valence-corrected chi connectivity index (χ0v) is 18.9. The fraction of sp³-hybridized carbons (Fsp3) is 0.375. The zero-order chi connectivity index (χ0) is 24.1. The number of aromatic carboxylic acids is 1. The molecule has 0 amide bonds. The van der Waals surface area contributed by atoms with Crippen molar-refractivity contribution in [1.82, 2.24) is 9.88 Å². The summed E-state index contributed by atoms with van der Waals surface area (Å²) in [5.41, 5.74) is 1.36. The number of nitrogens with one attached hydrogen (secondary N) is 1. The molecule has 1 saturated heterocycles. The van der Waals surface area contributed by atoms with Crippen molar-refractivity contribution in [2.45, 2.75) is 45.0 Å². The van der Waals surface area contributed by atoms with Crippen LogP contribution in [0.3, 0.4) is 0 Å². The van der Waals surface area contributed by atoms with E-state index in [0.717, 1.165) is 28.1 Å². The maximum absolute atomic E-state index is 13.3. The van der Waals surface area contributed by atoms with Crippen molar-refractivity contribution in [1.29, 1.82) is 0 Å². The third kappa shape index (κ3) is 4.47. The second-order valence-corrected chi connectivity index (χ2v) is 9.20. The molecule has 0 radical (unpaired) electrons. The molecule has 0 unspecified atom stereocenters. The smallest absolute Gasteiger partial charge is 0.417 e. The molecule has 1 fully saturated rings. The van der Waals surface area contributed by atoms with Crippen LogP contribution in [0.25, 0.3) is 10.9 Å². The molecule has 2 heterocycles. The summed E-state index contributed by atoms with van der Waals surface area (Å²) >= 11 is 5.72. The monoisotopic (exact) mass is 480 g/mol. The van der Waals surface area contributed by atoms with Gasteiger partial charge < -0.3 is 15.2 Å². The van der Waals surface area contributed by atoms with Crippen LogP contribution in [0.2, 0.25) is 5.02 Å². The maximum Gasteiger partial charge on any atom is 0.417 e. The normalized spacial score (nSPS) is 16.9. The fourth-order valence-electron chi connectivity index (χ4n) is 4.77. The topological polar surface area (TPSA) is 76.6 Å². The Balaban J connectivity index is 1.58. The van der Waals surface area contributed by atoms with E-state index < -0.39 is 28.3 Å². The molecule has 9 heteroatoms. The number of aromatic nitrogens is 1. The average molecular weight is 481 g/mol. The Morgan fingerprint density at radius 1 is 1.18 bits per heavy atom. The number of aryl methyl sites for hydroxylation is 2. The van der Waals surface area contributed by atoms with Gasteiger partial charge in [-0.15, -0.1) is 0 Å². The van der Waals surface area contributed by atoms with Gasteiger partial charge >= 0.3 is 12.1 Å². The maximum atomic E-state index is 13.3. The van der Waals surface area contributed by atoms with Gasteiger partial charge in [0.05, 0.1) is 16.2 Å². The number of benzene rings is 2. The number of rotatable bonds is 4. The number of nitrogens with zero attached hydrogens (tertiary/aromatic N) is 1. The Kier molecular flexibility index (Phi) is 5.97. The average Bonchev–Trinajstić information content (AvgIpc) is 3.08. The van der Waals surface area contributed by atoms with Gasteiger partial charge in [-0.2, -0.15) is 13.2 Å². The number of fused-ring (bicyclic) bond motifs is 1. The standard InChI is InChI=1S/C24H24ClF3N2O3/c1-13-9-14(2)20-16(21(22(31)32)29-19(20)10-13)12-30-7-5-23(33,6-8-30)15-3-4-18(25)17(11-15)24(26,27)28/h3-4,9-11,29,33H,5-8,12H2,1-2H3,(H,31,32). The molecular weight excluding hydrogens is 457 g/mol. The van der Waals surface area contributed by atoms with Crippen molar-refractivity contribution < 1.29 is 28.2 Å². The number of carboxylic acid groups (broad SMARTS) is 1. The van der Waals surface area contributed by atoms with Crippen LogP contribution in [-0.4, -0.2) is 39.2 Å². The van der Waals surface area contributed by atoms with Crippen molar-refractivity contribution in [3.05, 3.63) is 68.9 Å². The molecule has 5 nitrogen and oxygen atoms in total. The number of hydrogen-bond donors (Lipinski definition) is 3. The van der Waals surface area contributed by atoms with E-state index in [0.29, 0.717) is 25.2 Å². The van der Waals surface area contributed by atoms with Crippen LogP contribution in [0.15, 0.2) is 30.3 Å². The molecule has 3 aromatic rings. The zero-order valence-electron chi connectivity index (χ0n) is 18.2. The van der Waals surface area contributed by atoms with Crippen LogP contribution in [0.5, 0.6) is 0 Å². The van der Waals surface area contributed by atoms with E-state index in [9.17, 15) is 28.2 Å². The van der Waals surface area contributed by atoms with Crippen LogP contribution in [-0.2, 0) is 18.3 Å². The second-order valence-electron chi connectivity index (χ2n) is 8.79. The molecule has 0 atom stereocenters. The molecular formula is C24H24ClF3N2O3. The minimum atomic E-state index is -4.61. The van der Waals surface area contributed by atoms with Gasteiger partial charge in [0.25, 0.3) is 0 Å². The van der Waals surface area contributed by atoms with Gasteiger partial charge in [0.2, 0.25) is 0 Å². The summed E-state index contributed by atoms with van der Waals surface area (Å²) in [7, 11) is 0. The van der Waals surface area contributed by atoms with E-state index in [2.05, 4.69) is 4.98 Å². The molecule has 1 aromatic heterocycles. The predicted molar refractivity (Wildman–Crippen MR) is 120 cm³/mol. The lowest BCUT2D eigenvalue weighted by atomic mass is 9.83. The second kappa shape index (κ2) is 8.34. The third-order valence-corrected chi connectivity index (χ3v) is 6.76. The number of hydrogen-bond acceptors (Lipinski definition) is 3. The highest BCUT2D eigenvalue weighted by Gasteiger charge is 2.38. The molecule has 2 aromatic carbocycles. The molecule has 4 rings (SSSR count). The number of H-pyrrole nitrogens is 1. The number of alkyl halides is 3. The lowest BCUT2D eigenvalue weighted by Gasteiger charge is -2.39. The van der Waals surface area contributed by atoms with Gasteiger partial charge in [-0.05, 0) is 61.6 Å². The summed E-state index contributed by atoms with van der Waals surface area (Å²) in [6, 6.07) is 7.43. The molecule has 0 spiro atoms. The summed E-state index contributed by atoms with van der Waals surface area (Å²) in [4.78, 5) is 16.9. The number of piperidine rings is 1. The SMILES string of the molecule is Cc1cc(C)c2c(CN3CCC(O)(c4ccc(Cl)c(C(F)(F)F)c4)CC3)c(C(=O)O)[nH]c2c1. The third-order valence-electron chi connectivity index (χ3n) is 6.43. The molecule has 1 aliphatic heterocycles. The number of halogens is 4. The van der Waals surface area contributed by atoms with Crippen LogP contribution in [0, 0.1) is 13.8 Å². The first-order valence-electron chi connectivity index (χ1n) is 10.6. The molecule has 0 aliphatic carbocycles. The van der Waals surface area contributed by atoms with E-state index in [1.807, 2.05) is 30.9 Å². The first-order chi connectivity index (χ1) is 15.4. The van der Waals surface area contributed by atoms with Crippen LogP contribution >= 0.6 is 11.6 Å². The minimum Gasteiger partial charge on any atom is -0.477 e. The summed E-state index contributed by atoms with van der Waals surface area (Å²) in [5.74, 6) is -1.05. The lowest BCUT2D eigenvalue weighted by molar-refractivity contribution is -0.137. The van der Waals surface area contributed by atoms with Crippen molar-refractivity contribution in [3.63, 3.8) is 0 Å². The highest BCUT2D eigenvalue weighted by atomic mass is 35.5. The molecule has 1 aliphatic rings. The van der Waals surface area contributed by atoms with Gasteiger partial charge in [-0.1, -0.05) is 23.7 Å². The lowest BCUT2D eigenvalue weighted by Crippen LogP contribution is -2.42. The van der Waals surface area contributed by atoms with Crippen molar-refractivity contribution in [2.24, 2.45) is 0 Å². The van der Waals surface area contributed by atoms with Gasteiger partial charge in [-0.25, -0.2) is 4.79 Å². The molecule has 3 N–H and O–H groups in total. The van der Waals surface area contributed by atoms with Crippen molar-refractivity contribution in [3.8, 4) is 0 Å². The van der Waals surface area contributed by atoms with E-state index in [1.165, 1.54) is 12.1 Å². The molecule has 33 heavy (non-hydrogen) atoms. The quantitative estimate of drug-likeness (QED) is 0.451.